The van der Waals surface area contributed by atoms with Crippen molar-refractivity contribution < 1.29 is 18.7 Å². The Kier molecular flexibility index (Phi) is 5.26. The van der Waals surface area contributed by atoms with Crippen molar-refractivity contribution in [1.82, 2.24) is 10.6 Å². The average molecular weight is 347 g/mol. The van der Waals surface area contributed by atoms with E-state index in [2.05, 4.69) is 10.6 Å². The van der Waals surface area contributed by atoms with E-state index in [1.54, 1.807) is 6.92 Å². The maximum atomic E-state index is 14.2. The minimum atomic E-state index is -1.07. The van der Waals surface area contributed by atoms with Gasteiger partial charge in [-0.15, -0.1) is 11.6 Å². The van der Waals surface area contributed by atoms with Crippen molar-refractivity contribution >= 4 is 35.2 Å². The second kappa shape index (κ2) is 6.98. The van der Waals surface area contributed by atoms with Crippen molar-refractivity contribution in [2.24, 2.45) is 0 Å². The van der Waals surface area contributed by atoms with Crippen molar-refractivity contribution in [3.05, 3.63) is 45.9 Å². The highest BCUT2D eigenvalue weighted by Gasteiger charge is 2.35. The van der Waals surface area contributed by atoms with Gasteiger partial charge in [0.05, 0.1) is 24.1 Å². The maximum absolute atomic E-state index is 14.2. The molecule has 118 valence electrons. The summed E-state index contributed by atoms with van der Waals surface area (Å²) >= 11 is 11.8. The lowest BCUT2D eigenvalue weighted by Gasteiger charge is -2.29. The molecule has 2 rings (SSSR count). The predicted molar refractivity (Wildman–Crippen MR) is 80.2 cm³/mol. The van der Waals surface area contributed by atoms with Crippen LogP contribution in [0.15, 0.2) is 29.5 Å². The zero-order valence-corrected chi connectivity index (χ0v) is 13.1. The van der Waals surface area contributed by atoms with E-state index < -0.39 is 23.9 Å². The number of hydrogen-bond donors (Lipinski definition) is 2. The summed E-state index contributed by atoms with van der Waals surface area (Å²) in [6, 6.07) is 2.42. The van der Waals surface area contributed by atoms with E-state index >= 15 is 0 Å². The van der Waals surface area contributed by atoms with Crippen molar-refractivity contribution in [2.75, 3.05) is 12.5 Å². The Labute approximate surface area is 136 Å². The fourth-order valence-corrected chi connectivity index (χ4v) is 2.66. The molecule has 0 bridgehead atoms. The van der Waals surface area contributed by atoms with Gasteiger partial charge < -0.3 is 15.4 Å². The molecule has 1 aliphatic heterocycles. The van der Waals surface area contributed by atoms with Gasteiger partial charge in [0.1, 0.15) is 5.82 Å². The first kappa shape index (κ1) is 16.6. The Hall–Kier alpha value is -1.79. The Bertz CT molecular complexity index is 629. The minimum absolute atomic E-state index is 0.00955. The summed E-state index contributed by atoms with van der Waals surface area (Å²) in [4.78, 5) is 23.9. The van der Waals surface area contributed by atoms with Crippen LogP contribution in [0.25, 0.3) is 0 Å². The molecule has 1 aliphatic rings. The van der Waals surface area contributed by atoms with Gasteiger partial charge in [0, 0.05) is 16.3 Å². The third-order valence-corrected chi connectivity index (χ3v) is 3.67. The van der Waals surface area contributed by atoms with E-state index in [4.69, 9.17) is 27.9 Å². The van der Waals surface area contributed by atoms with Crippen molar-refractivity contribution in [2.45, 2.75) is 13.0 Å². The summed E-state index contributed by atoms with van der Waals surface area (Å²) < 4.78 is 19.1. The van der Waals surface area contributed by atoms with E-state index in [-0.39, 0.29) is 34.3 Å². The van der Waals surface area contributed by atoms with E-state index in [1.165, 1.54) is 18.2 Å². The first-order chi connectivity index (χ1) is 10.5. The van der Waals surface area contributed by atoms with Crippen LogP contribution in [0, 0.1) is 5.82 Å². The lowest BCUT2D eigenvalue weighted by atomic mass is 9.95. The zero-order chi connectivity index (χ0) is 16.3. The monoisotopic (exact) mass is 346 g/mol. The van der Waals surface area contributed by atoms with Crippen LogP contribution in [0.2, 0.25) is 5.02 Å². The van der Waals surface area contributed by atoms with Crippen molar-refractivity contribution in [3.63, 3.8) is 0 Å². The zero-order valence-electron chi connectivity index (χ0n) is 11.6. The summed E-state index contributed by atoms with van der Waals surface area (Å²) in [6.07, 6.45) is 0. The molecule has 0 saturated heterocycles. The highest BCUT2D eigenvalue weighted by Crippen LogP contribution is 2.34. The molecule has 0 spiro atoms. The molecule has 0 aromatic heterocycles. The molecule has 22 heavy (non-hydrogen) atoms. The topological polar surface area (TPSA) is 67.4 Å². The van der Waals surface area contributed by atoms with E-state index in [1.807, 2.05) is 0 Å². The predicted octanol–water partition coefficient (Wildman–Crippen LogP) is 2.89. The molecular formula is C14H13Cl2FN2O3. The quantitative estimate of drug-likeness (QED) is 0.650. The molecular weight excluding hydrogens is 334 g/mol. The molecule has 0 unspecified atom stereocenters. The molecule has 2 N–H and O–H groups in total. The van der Waals surface area contributed by atoms with Crippen LogP contribution in [0.5, 0.6) is 0 Å². The van der Waals surface area contributed by atoms with E-state index in [0.29, 0.717) is 0 Å². The highest BCUT2D eigenvalue weighted by molar-refractivity contribution is 6.31. The molecule has 1 atom stereocenters. The SMILES string of the molecule is CCOC(=O)C1=C(CCl)NC(=O)N[C@H]1c1c(F)cccc1Cl. The highest BCUT2D eigenvalue weighted by atomic mass is 35.5. The Morgan fingerprint density at radius 1 is 1.45 bits per heavy atom. The first-order valence-corrected chi connectivity index (χ1v) is 7.38. The summed E-state index contributed by atoms with van der Waals surface area (Å²) in [5.74, 6) is -1.48. The van der Waals surface area contributed by atoms with Crippen LogP contribution in [0.4, 0.5) is 9.18 Å². The second-order valence-corrected chi connectivity index (χ2v) is 5.09. The molecule has 0 fully saturated rings. The molecule has 1 heterocycles. The van der Waals surface area contributed by atoms with E-state index in [0.717, 1.165) is 0 Å². The number of esters is 1. The lowest BCUT2D eigenvalue weighted by Crippen LogP contribution is -2.46. The standard InChI is InChI=1S/C14H13Cl2FN2O3/c1-2-22-13(20)11-9(6-15)18-14(21)19-12(11)10-7(16)4-3-5-8(10)17/h3-5,12H,2,6H2,1H3,(H2,18,19,21)/t12-/m0/s1. The molecule has 1 aromatic carbocycles. The van der Waals surface area contributed by atoms with Gasteiger partial charge in [-0.3, -0.25) is 0 Å². The van der Waals surface area contributed by atoms with Gasteiger partial charge in [-0.2, -0.15) is 0 Å². The molecule has 0 saturated carbocycles. The minimum Gasteiger partial charge on any atom is -0.463 e. The van der Waals surface area contributed by atoms with Crippen LogP contribution in [-0.4, -0.2) is 24.5 Å². The Balaban J connectivity index is 2.60. The number of alkyl halides is 1. The molecule has 8 heteroatoms. The van der Waals surface area contributed by atoms with Crippen LogP contribution in [0.3, 0.4) is 0 Å². The normalized spacial score (nSPS) is 17.8. The van der Waals surface area contributed by atoms with Gasteiger partial charge in [0.25, 0.3) is 0 Å². The summed E-state index contributed by atoms with van der Waals surface area (Å²) in [6.45, 7) is 1.77. The van der Waals surface area contributed by atoms with Gasteiger partial charge in [-0.1, -0.05) is 17.7 Å². The van der Waals surface area contributed by atoms with Crippen LogP contribution >= 0.6 is 23.2 Å². The average Bonchev–Trinajstić information content (AvgIpc) is 2.46. The second-order valence-electron chi connectivity index (χ2n) is 4.41. The van der Waals surface area contributed by atoms with Crippen LogP contribution in [-0.2, 0) is 9.53 Å². The van der Waals surface area contributed by atoms with Gasteiger partial charge in [0.2, 0.25) is 0 Å². The van der Waals surface area contributed by atoms with Crippen LogP contribution < -0.4 is 10.6 Å². The molecule has 0 aliphatic carbocycles. The summed E-state index contributed by atoms with van der Waals surface area (Å²) in [5.41, 5.74) is 0.182. The number of ether oxygens (including phenoxy) is 1. The van der Waals surface area contributed by atoms with E-state index in [9.17, 15) is 14.0 Å². The number of rotatable bonds is 4. The number of hydrogen-bond acceptors (Lipinski definition) is 3. The third-order valence-electron chi connectivity index (χ3n) is 3.07. The first-order valence-electron chi connectivity index (χ1n) is 6.47. The van der Waals surface area contributed by atoms with Gasteiger partial charge in [-0.05, 0) is 19.1 Å². The van der Waals surface area contributed by atoms with Gasteiger partial charge in [0.15, 0.2) is 0 Å². The largest absolute Gasteiger partial charge is 0.463 e. The molecule has 2 amide bonds. The lowest BCUT2D eigenvalue weighted by molar-refractivity contribution is -0.139. The number of allylic oxidation sites excluding steroid dienone is 1. The summed E-state index contributed by atoms with van der Waals surface area (Å²) in [7, 11) is 0. The number of urea groups is 1. The van der Waals surface area contributed by atoms with Crippen LogP contribution in [0.1, 0.15) is 18.5 Å². The number of nitrogens with one attached hydrogen (secondary N) is 2. The number of carbonyl (C=O) groups excluding carboxylic acids is 2. The van der Waals surface area contributed by atoms with Gasteiger partial charge >= 0.3 is 12.0 Å². The van der Waals surface area contributed by atoms with Gasteiger partial charge in [-0.25, -0.2) is 14.0 Å². The number of halogens is 3. The smallest absolute Gasteiger partial charge is 0.338 e. The van der Waals surface area contributed by atoms with Crippen molar-refractivity contribution in [3.8, 4) is 0 Å². The number of carbonyl (C=O) groups is 2. The summed E-state index contributed by atoms with van der Waals surface area (Å²) in [5, 5.41) is 4.99. The molecule has 0 radical (unpaired) electrons. The fraction of sp³-hybridized carbons (Fsp3) is 0.286. The maximum Gasteiger partial charge on any atom is 0.338 e. The Morgan fingerprint density at radius 2 is 2.18 bits per heavy atom. The Morgan fingerprint density at radius 3 is 2.77 bits per heavy atom. The number of benzene rings is 1. The number of amides is 2. The van der Waals surface area contributed by atoms with Crippen molar-refractivity contribution in [1.29, 1.82) is 0 Å². The third kappa shape index (κ3) is 3.18. The molecule has 1 aromatic rings. The fourth-order valence-electron chi connectivity index (χ4n) is 2.18. The molecule has 5 nitrogen and oxygen atoms in total.